The highest BCUT2D eigenvalue weighted by atomic mass is 19.1. The van der Waals surface area contributed by atoms with E-state index < -0.39 is 0 Å². The summed E-state index contributed by atoms with van der Waals surface area (Å²) in [6, 6.07) is 4.84. The average molecular weight is 264 g/mol. The maximum Gasteiger partial charge on any atom is 0.142 e. The molecule has 104 valence electrons. The Morgan fingerprint density at radius 2 is 2.05 bits per heavy atom. The van der Waals surface area contributed by atoms with Crippen molar-refractivity contribution in [2.24, 2.45) is 5.92 Å². The van der Waals surface area contributed by atoms with Crippen LogP contribution in [-0.4, -0.2) is 32.8 Å². The molecule has 1 aliphatic heterocycles. The van der Waals surface area contributed by atoms with Gasteiger partial charge in [-0.05, 0) is 24.5 Å². The van der Waals surface area contributed by atoms with Crippen molar-refractivity contribution < 1.29 is 9.13 Å². The predicted octanol–water partition coefficient (Wildman–Crippen LogP) is 2.41. The van der Waals surface area contributed by atoms with Gasteiger partial charge < -0.3 is 15.0 Å². The molecule has 19 heavy (non-hydrogen) atoms. The van der Waals surface area contributed by atoms with E-state index in [2.05, 4.69) is 10.2 Å². The molecule has 0 unspecified atom stereocenters. The monoisotopic (exact) mass is 264 g/mol. The lowest BCUT2D eigenvalue weighted by Crippen LogP contribution is -2.43. The third kappa shape index (κ3) is 3.38. The fourth-order valence-electron chi connectivity index (χ4n) is 2.51. The fraction of sp³-hybridized carbons (Fsp3) is 0.600. The van der Waals surface area contributed by atoms with Crippen LogP contribution in [0.1, 0.15) is 19.3 Å². The minimum absolute atomic E-state index is 0.192. The molecule has 0 amide bonds. The summed E-state index contributed by atoms with van der Waals surface area (Å²) in [6.45, 7) is 4.44. The molecule has 2 aliphatic rings. The summed E-state index contributed by atoms with van der Waals surface area (Å²) in [5.41, 5.74) is 0.900. The smallest absolute Gasteiger partial charge is 0.142 e. The summed E-state index contributed by atoms with van der Waals surface area (Å²) >= 11 is 0. The van der Waals surface area contributed by atoms with E-state index in [0.29, 0.717) is 0 Å². The summed E-state index contributed by atoms with van der Waals surface area (Å²) in [7, 11) is 0. The Hall–Kier alpha value is -1.29. The van der Waals surface area contributed by atoms with E-state index in [4.69, 9.17) is 4.74 Å². The highest BCUT2D eigenvalue weighted by molar-refractivity contribution is 5.59. The lowest BCUT2D eigenvalue weighted by Gasteiger charge is -2.30. The molecule has 0 atom stereocenters. The lowest BCUT2D eigenvalue weighted by molar-refractivity contribution is 0.302. The first kappa shape index (κ1) is 12.7. The highest BCUT2D eigenvalue weighted by Gasteiger charge is 2.21. The Morgan fingerprint density at radius 3 is 2.79 bits per heavy atom. The molecule has 1 N–H and O–H groups in total. The number of nitrogens with zero attached hydrogens (tertiary/aromatic N) is 1. The van der Waals surface area contributed by atoms with Gasteiger partial charge in [0.05, 0.1) is 12.3 Å². The van der Waals surface area contributed by atoms with Crippen LogP contribution in [0.2, 0.25) is 0 Å². The molecular weight excluding hydrogens is 243 g/mol. The first-order chi connectivity index (χ1) is 9.33. The second-order valence-corrected chi connectivity index (χ2v) is 5.43. The Kier molecular flexibility index (Phi) is 3.87. The molecule has 0 radical (unpaired) electrons. The van der Waals surface area contributed by atoms with Crippen molar-refractivity contribution in [3.8, 4) is 5.75 Å². The quantitative estimate of drug-likeness (QED) is 0.884. The third-order valence-corrected chi connectivity index (χ3v) is 3.86. The second-order valence-electron chi connectivity index (χ2n) is 5.43. The number of rotatable bonds is 5. The average Bonchev–Trinajstić information content (AvgIpc) is 3.25. The Bertz CT molecular complexity index is 428. The molecule has 4 heteroatoms. The molecular formula is C15H21FN2O. The van der Waals surface area contributed by atoms with Crippen LogP contribution in [0.3, 0.4) is 0 Å². The summed E-state index contributed by atoms with van der Waals surface area (Å²) in [6.07, 6.45) is 3.81. The first-order valence-electron chi connectivity index (χ1n) is 7.21. The third-order valence-electron chi connectivity index (χ3n) is 3.86. The molecule has 0 aromatic heterocycles. The zero-order chi connectivity index (χ0) is 13.1. The van der Waals surface area contributed by atoms with Gasteiger partial charge in [0.1, 0.15) is 11.6 Å². The SMILES string of the molecule is Fc1ccc(OCCC2CC2)c(N2CCNCC2)c1. The van der Waals surface area contributed by atoms with Gasteiger partial charge in [-0.3, -0.25) is 0 Å². The summed E-state index contributed by atoms with van der Waals surface area (Å²) in [5.74, 6) is 1.50. The Balaban J connectivity index is 1.69. The fourth-order valence-corrected chi connectivity index (χ4v) is 2.51. The van der Waals surface area contributed by atoms with Crippen LogP contribution in [0, 0.1) is 11.7 Å². The zero-order valence-corrected chi connectivity index (χ0v) is 11.2. The van der Waals surface area contributed by atoms with Gasteiger partial charge in [0.2, 0.25) is 0 Å². The number of halogens is 1. The number of anilines is 1. The maximum absolute atomic E-state index is 13.5. The standard InChI is InChI=1S/C15H21FN2O/c16-13-3-4-15(19-10-5-12-1-2-12)14(11-13)18-8-6-17-7-9-18/h3-4,11-12,17H,1-2,5-10H2. The Labute approximate surface area is 113 Å². The van der Waals surface area contributed by atoms with Crippen molar-refractivity contribution in [1.29, 1.82) is 0 Å². The Morgan fingerprint density at radius 1 is 1.26 bits per heavy atom. The number of piperazine rings is 1. The maximum atomic E-state index is 13.5. The summed E-state index contributed by atoms with van der Waals surface area (Å²) in [4.78, 5) is 2.20. The molecule has 0 spiro atoms. The van der Waals surface area contributed by atoms with Crippen molar-refractivity contribution >= 4 is 5.69 Å². The normalized spacial score (nSPS) is 19.5. The molecule has 1 saturated carbocycles. The van der Waals surface area contributed by atoms with Gasteiger partial charge in [0.25, 0.3) is 0 Å². The van der Waals surface area contributed by atoms with E-state index in [0.717, 1.165) is 56.6 Å². The summed E-state index contributed by atoms with van der Waals surface area (Å²) < 4.78 is 19.3. The van der Waals surface area contributed by atoms with Crippen LogP contribution in [-0.2, 0) is 0 Å². The van der Waals surface area contributed by atoms with Crippen molar-refractivity contribution in [2.45, 2.75) is 19.3 Å². The number of ether oxygens (including phenoxy) is 1. The van der Waals surface area contributed by atoms with Crippen molar-refractivity contribution in [3.63, 3.8) is 0 Å². The van der Waals surface area contributed by atoms with E-state index in [1.54, 1.807) is 12.1 Å². The second kappa shape index (κ2) is 5.78. The van der Waals surface area contributed by atoms with Gasteiger partial charge in [0, 0.05) is 32.2 Å². The van der Waals surface area contributed by atoms with Crippen molar-refractivity contribution in [2.75, 3.05) is 37.7 Å². The number of hydrogen-bond donors (Lipinski definition) is 1. The van der Waals surface area contributed by atoms with Crippen LogP contribution in [0.4, 0.5) is 10.1 Å². The topological polar surface area (TPSA) is 24.5 Å². The number of nitrogens with one attached hydrogen (secondary N) is 1. The zero-order valence-electron chi connectivity index (χ0n) is 11.2. The molecule has 3 nitrogen and oxygen atoms in total. The van der Waals surface area contributed by atoms with Crippen LogP contribution < -0.4 is 15.0 Å². The minimum atomic E-state index is -0.192. The molecule has 2 fully saturated rings. The number of hydrogen-bond acceptors (Lipinski definition) is 3. The van der Waals surface area contributed by atoms with E-state index >= 15 is 0 Å². The van der Waals surface area contributed by atoms with Gasteiger partial charge in [-0.15, -0.1) is 0 Å². The van der Waals surface area contributed by atoms with Gasteiger partial charge >= 0.3 is 0 Å². The highest BCUT2D eigenvalue weighted by Crippen LogP contribution is 2.34. The molecule has 3 rings (SSSR count). The molecule has 1 aromatic carbocycles. The van der Waals surface area contributed by atoms with E-state index in [-0.39, 0.29) is 5.82 Å². The summed E-state index contributed by atoms with van der Waals surface area (Å²) in [5, 5.41) is 3.31. The molecule has 1 saturated heterocycles. The van der Waals surface area contributed by atoms with Crippen LogP contribution in [0.15, 0.2) is 18.2 Å². The van der Waals surface area contributed by atoms with Crippen LogP contribution in [0.25, 0.3) is 0 Å². The van der Waals surface area contributed by atoms with Crippen LogP contribution >= 0.6 is 0 Å². The van der Waals surface area contributed by atoms with Crippen molar-refractivity contribution in [1.82, 2.24) is 5.32 Å². The van der Waals surface area contributed by atoms with Crippen molar-refractivity contribution in [3.05, 3.63) is 24.0 Å². The molecule has 1 aliphatic carbocycles. The van der Waals surface area contributed by atoms with E-state index in [1.165, 1.54) is 18.9 Å². The van der Waals surface area contributed by atoms with Gasteiger partial charge in [-0.2, -0.15) is 0 Å². The van der Waals surface area contributed by atoms with E-state index in [1.807, 2.05) is 0 Å². The van der Waals surface area contributed by atoms with E-state index in [9.17, 15) is 4.39 Å². The largest absolute Gasteiger partial charge is 0.491 e. The minimum Gasteiger partial charge on any atom is -0.491 e. The van der Waals surface area contributed by atoms with Gasteiger partial charge in [-0.25, -0.2) is 4.39 Å². The van der Waals surface area contributed by atoms with Crippen LogP contribution in [0.5, 0.6) is 5.75 Å². The molecule has 1 aromatic rings. The first-order valence-corrected chi connectivity index (χ1v) is 7.21. The predicted molar refractivity (Wildman–Crippen MR) is 74.3 cm³/mol. The lowest BCUT2D eigenvalue weighted by atomic mass is 10.2. The van der Waals surface area contributed by atoms with Gasteiger partial charge in [0.15, 0.2) is 0 Å². The molecule has 0 bridgehead atoms. The number of benzene rings is 1. The van der Waals surface area contributed by atoms with Gasteiger partial charge in [-0.1, -0.05) is 12.8 Å². The molecule has 1 heterocycles.